The van der Waals surface area contributed by atoms with Crippen LogP contribution in [0.5, 0.6) is 0 Å². The Morgan fingerprint density at radius 2 is 2.08 bits per heavy atom. The number of cyclic esters (lactones) is 1. The minimum atomic E-state index is -0.184. The number of fused-ring (bicyclic) bond motifs is 1. The second-order valence-electron chi connectivity index (χ2n) is 3.18. The molecule has 2 heteroatoms. The maximum absolute atomic E-state index is 11.1. The Hall–Kier alpha value is -1.31. The number of carbonyl (C=O) groups is 1. The molecule has 0 saturated heterocycles. The van der Waals surface area contributed by atoms with Crippen molar-refractivity contribution in [2.75, 3.05) is 0 Å². The minimum absolute atomic E-state index is 0.184. The van der Waals surface area contributed by atoms with Crippen LogP contribution >= 0.6 is 0 Å². The van der Waals surface area contributed by atoms with Crippen molar-refractivity contribution in [1.82, 2.24) is 0 Å². The average molecular weight is 162 g/mol. The largest absolute Gasteiger partial charge is 0.457 e. The van der Waals surface area contributed by atoms with E-state index >= 15 is 0 Å². The quantitative estimate of drug-likeness (QED) is 0.545. The van der Waals surface area contributed by atoms with Crippen LogP contribution in [0.3, 0.4) is 0 Å². The summed E-state index contributed by atoms with van der Waals surface area (Å²) in [6.45, 7) is 4.44. The average Bonchev–Trinajstić information content (AvgIpc) is 2.33. The fourth-order valence-corrected chi connectivity index (χ4v) is 1.59. The number of rotatable bonds is 0. The van der Waals surface area contributed by atoms with E-state index in [1.165, 1.54) is 0 Å². The monoisotopic (exact) mass is 162 g/mol. The maximum Gasteiger partial charge on any atom is 0.338 e. The van der Waals surface area contributed by atoms with Crippen LogP contribution in [0.15, 0.2) is 12.1 Å². The van der Waals surface area contributed by atoms with Gasteiger partial charge in [0.2, 0.25) is 0 Å². The van der Waals surface area contributed by atoms with Gasteiger partial charge in [-0.25, -0.2) is 4.79 Å². The zero-order valence-corrected chi connectivity index (χ0v) is 7.18. The Bertz CT molecular complexity index is 353. The number of hydrogen-bond acceptors (Lipinski definition) is 2. The van der Waals surface area contributed by atoms with Crippen LogP contribution in [0.2, 0.25) is 0 Å². The molecule has 1 heterocycles. The topological polar surface area (TPSA) is 26.3 Å². The van der Waals surface area contributed by atoms with Crippen molar-refractivity contribution in [1.29, 1.82) is 0 Å². The predicted octanol–water partition coefficient (Wildman–Crippen LogP) is 1.97. The summed E-state index contributed by atoms with van der Waals surface area (Å²) in [4.78, 5) is 11.1. The normalized spacial score (nSPS) is 14.3. The van der Waals surface area contributed by atoms with Gasteiger partial charge in [-0.15, -0.1) is 0 Å². The third kappa shape index (κ3) is 0.916. The number of carbonyl (C=O) groups excluding carboxylic acids is 1. The lowest BCUT2D eigenvalue weighted by Crippen LogP contribution is -1.94. The van der Waals surface area contributed by atoms with Gasteiger partial charge in [-0.05, 0) is 31.0 Å². The fourth-order valence-electron chi connectivity index (χ4n) is 1.59. The van der Waals surface area contributed by atoms with E-state index in [0.717, 1.165) is 22.3 Å². The van der Waals surface area contributed by atoms with Gasteiger partial charge in [0.25, 0.3) is 0 Å². The van der Waals surface area contributed by atoms with E-state index in [1.807, 2.05) is 19.9 Å². The van der Waals surface area contributed by atoms with Gasteiger partial charge in [0.05, 0.1) is 5.56 Å². The molecule has 0 bridgehead atoms. The summed E-state index contributed by atoms with van der Waals surface area (Å²) in [7, 11) is 0. The summed E-state index contributed by atoms with van der Waals surface area (Å²) >= 11 is 0. The van der Waals surface area contributed by atoms with Crippen LogP contribution in [-0.2, 0) is 11.3 Å². The maximum atomic E-state index is 11.1. The summed E-state index contributed by atoms with van der Waals surface area (Å²) < 4.78 is 4.92. The van der Waals surface area contributed by atoms with Gasteiger partial charge in [0, 0.05) is 5.56 Å². The first-order valence-electron chi connectivity index (χ1n) is 3.96. The summed E-state index contributed by atoms with van der Waals surface area (Å²) in [6.07, 6.45) is 0. The molecule has 12 heavy (non-hydrogen) atoms. The van der Waals surface area contributed by atoms with E-state index in [2.05, 4.69) is 6.07 Å². The van der Waals surface area contributed by atoms with Crippen molar-refractivity contribution in [2.24, 2.45) is 0 Å². The molecule has 0 radical (unpaired) electrons. The van der Waals surface area contributed by atoms with Crippen molar-refractivity contribution in [3.8, 4) is 0 Å². The highest BCUT2D eigenvalue weighted by atomic mass is 16.5. The van der Waals surface area contributed by atoms with Crippen LogP contribution < -0.4 is 0 Å². The molecule has 0 amide bonds. The van der Waals surface area contributed by atoms with Gasteiger partial charge >= 0.3 is 5.97 Å². The first-order valence-corrected chi connectivity index (χ1v) is 3.96. The van der Waals surface area contributed by atoms with Crippen molar-refractivity contribution in [3.05, 3.63) is 34.4 Å². The van der Waals surface area contributed by atoms with Crippen LogP contribution in [0.4, 0.5) is 0 Å². The number of aryl methyl sites for hydroxylation is 2. The lowest BCUT2D eigenvalue weighted by molar-refractivity contribution is 0.0535. The van der Waals surface area contributed by atoms with Crippen LogP contribution in [0.25, 0.3) is 0 Å². The minimum Gasteiger partial charge on any atom is -0.457 e. The number of benzene rings is 1. The Kier molecular flexibility index (Phi) is 1.43. The first kappa shape index (κ1) is 7.35. The van der Waals surface area contributed by atoms with Gasteiger partial charge in [0.15, 0.2) is 0 Å². The molecule has 0 fully saturated rings. The summed E-state index contributed by atoms with van der Waals surface area (Å²) in [5, 5.41) is 0. The lowest BCUT2D eigenvalue weighted by atomic mass is 10.0. The highest BCUT2D eigenvalue weighted by Crippen LogP contribution is 2.24. The molecule has 62 valence electrons. The molecule has 1 aliphatic heterocycles. The molecule has 0 aliphatic carbocycles. The third-order valence-electron chi connectivity index (χ3n) is 2.18. The number of ether oxygens (including phenoxy) is 1. The molecule has 2 nitrogen and oxygen atoms in total. The molecule has 0 N–H and O–H groups in total. The molecule has 0 spiro atoms. The SMILES string of the molecule is Cc1cc(C)c2c(c1)C(=O)OC2. The van der Waals surface area contributed by atoms with E-state index in [9.17, 15) is 4.79 Å². The zero-order chi connectivity index (χ0) is 8.72. The van der Waals surface area contributed by atoms with E-state index in [0.29, 0.717) is 6.61 Å². The Morgan fingerprint density at radius 1 is 1.33 bits per heavy atom. The molecule has 2 rings (SSSR count). The van der Waals surface area contributed by atoms with Crippen molar-refractivity contribution in [3.63, 3.8) is 0 Å². The molecule has 1 aromatic carbocycles. The van der Waals surface area contributed by atoms with E-state index in [4.69, 9.17) is 4.74 Å². The van der Waals surface area contributed by atoms with Crippen molar-refractivity contribution in [2.45, 2.75) is 20.5 Å². The summed E-state index contributed by atoms with van der Waals surface area (Å²) in [5.74, 6) is -0.184. The van der Waals surface area contributed by atoms with E-state index in [1.54, 1.807) is 0 Å². The highest BCUT2D eigenvalue weighted by Gasteiger charge is 2.22. The Labute approximate surface area is 71.2 Å². The fraction of sp³-hybridized carbons (Fsp3) is 0.300. The van der Waals surface area contributed by atoms with Gasteiger partial charge in [0.1, 0.15) is 6.61 Å². The Morgan fingerprint density at radius 3 is 2.83 bits per heavy atom. The third-order valence-corrected chi connectivity index (χ3v) is 2.18. The Balaban J connectivity index is 2.68. The van der Waals surface area contributed by atoms with Gasteiger partial charge in [-0.1, -0.05) is 6.07 Å². The second-order valence-corrected chi connectivity index (χ2v) is 3.18. The lowest BCUT2D eigenvalue weighted by Gasteiger charge is -2.00. The van der Waals surface area contributed by atoms with Crippen LogP contribution in [-0.4, -0.2) is 5.97 Å². The van der Waals surface area contributed by atoms with Crippen molar-refractivity contribution < 1.29 is 9.53 Å². The van der Waals surface area contributed by atoms with E-state index in [-0.39, 0.29) is 5.97 Å². The molecule has 1 aromatic rings. The van der Waals surface area contributed by atoms with E-state index < -0.39 is 0 Å². The van der Waals surface area contributed by atoms with Crippen molar-refractivity contribution >= 4 is 5.97 Å². The number of hydrogen-bond donors (Lipinski definition) is 0. The molecular formula is C10H10O2. The molecule has 0 saturated carbocycles. The van der Waals surface area contributed by atoms with Gasteiger partial charge in [-0.2, -0.15) is 0 Å². The zero-order valence-electron chi connectivity index (χ0n) is 7.18. The molecule has 1 aliphatic rings. The second kappa shape index (κ2) is 2.34. The van der Waals surface area contributed by atoms with Gasteiger partial charge in [-0.3, -0.25) is 0 Å². The number of esters is 1. The van der Waals surface area contributed by atoms with Crippen LogP contribution in [0.1, 0.15) is 27.0 Å². The van der Waals surface area contributed by atoms with Gasteiger partial charge < -0.3 is 4.74 Å². The first-order chi connectivity index (χ1) is 5.68. The highest BCUT2D eigenvalue weighted by molar-refractivity contribution is 5.94. The molecule has 0 atom stereocenters. The molecular weight excluding hydrogens is 152 g/mol. The smallest absolute Gasteiger partial charge is 0.338 e. The molecule has 0 unspecified atom stereocenters. The summed E-state index contributed by atoms with van der Waals surface area (Å²) in [6, 6.07) is 3.96. The van der Waals surface area contributed by atoms with Crippen LogP contribution in [0, 0.1) is 13.8 Å². The predicted molar refractivity (Wildman–Crippen MR) is 45.0 cm³/mol. The summed E-state index contributed by atoms with van der Waals surface area (Å²) in [5.41, 5.74) is 4.05. The molecule has 0 aromatic heterocycles. The standard InChI is InChI=1S/C10H10O2/c1-6-3-7(2)9-5-12-10(11)8(9)4-6/h3-4H,5H2,1-2H3.